The molecule has 0 bridgehead atoms. The lowest BCUT2D eigenvalue weighted by Gasteiger charge is -2.37. The van der Waals surface area contributed by atoms with Crippen molar-refractivity contribution in [3.63, 3.8) is 0 Å². The molecule has 1 heterocycles. The molecule has 1 aliphatic heterocycles. The van der Waals surface area contributed by atoms with Crippen molar-refractivity contribution in [3.05, 3.63) is 78.4 Å². The average Bonchev–Trinajstić information content (AvgIpc) is 3.78. The van der Waals surface area contributed by atoms with Crippen LogP contribution < -0.4 is 14.2 Å². The van der Waals surface area contributed by atoms with Crippen LogP contribution in [0.3, 0.4) is 0 Å². The van der Waals surface area contributed by atoms with E-state index < -0.39 is 5.97 Å². The zero-order valence-electron chi connectivity index (χ0n) is 30.7. The Kier molecular flexibility index (Phi) is 12.7. The van der Waals surface area contributed by atoms with Crippen LogP contribution in [0.15, 0.2) is 72.8 Å². The second kappa shape index (κ2) is 17.5. The molecule has 3 atom stereocenters. The third kappa shape index (κ3) is 10.4. The first-order chi connectivity index (χ1) is 25.2. The van der Waals surface area contributed by atoms with E-state index in [-0.39, 0.29) is 29.7 Å². The van der Waals surface area contributed by atoms with Crippen LogP contribution in [-0.2, 0) is 23.8 Å². The Morgan fingerprint density at radius 1 is 0.788 bits per heavy atom. The summed E-state index contributed by atoms with van der Waals surface area (Å²) < 4.78 is 33.5. The highest BCUT2D eigenvalue weighted by Crippen LogP contribution is 2.42. The maximum atomic E-state index is 13.2. The van der Waals surface area contributed by atoms with E-state index in [1.807, 2.05) is 45.0 Å². The van der Waals surface area contributed by atoms with Crippen LogP contribution in [0.25, 0.3) is 10.8 Å². The maximum absolute atomic E-state index is 13.2. The Labute approximate surface area is 306 Å². The van der Waals surface area contributed by atoms with Crippen LogP contribution in [0.2, 0.25) is 0 Å². The van der Waals surface area contributed by atoms with E-state index in [0.717, 1.165) is 62.1 Å². The molecular weight excluding hydrogens is 660 g/mol. The van der Waals surface area contributed by atoms with Crippen LogP contribution in [0.5, 0.6) is 17.2 Å². The number of hydrogen-bond acceptors (Lipinski definition) is 9. The van der Waals surface area contributed by atoms with Crippen molar-refractivity contribution in [2.45, 2.75) is 96.9 Å². The molecule has 2 saturated carbocycles. The van der Waals surface area contributed by atoms with Crippen molar-refractivity contribution in [3.8, 4) is 17.2 Å². The molecule has 1 saturated heterocycles. The number of allylic oxidation sites excluding steroid dienone is 1. The predicted octanol–water partition coefficient (Wildman–Crippen LogP) is 9.01. The highest BCUT2D eigenvalue weighted by Gasteiger charge is 2.49. The Hall–Kier alpha value is -4.21. The van der Waals surface area contributed by atoms with Crippen LogP contribution >= 0.6 is 0 Å². The van der Waals surface area contributed by atoms with Gasteiger partial charge in [0.25, 0.3) is 0 Å². The number of rotatable bonds is 15. The second-order valence-electron chi connectivity index (χ2n) is 15.0. The zero-order chi connectivity index (χ0) is 36.5. The molecular formula is C43H52O9. The Bertz CT molecular complexity index is 1700. The van der Waals surface area contributed by atoms with Gasteiger partial charge in [-0.15, -0.1) is 0 Å². The van der Waals surface area contributed by atoms with Crippen molar-refractivity contribution in [1.82, 2.24) is 0 Å². The van der Waals surface area contributed by atoms with Crippen molar-refractivity contribution in [1.29, 1.82) is 0 Å². The summed E-state index contributed by atoms with van der Waals surface area (Å²) in [5.41, 5.74) is 0.231. The molecule has 3 aromatic rings. The van der Waals surface area contributed by atoms with Gasteiger partial charge in [0.2, 0.25) is 0 Å². The molecule has 6 rings (SSSR count). The van der Waals surface area contributed by atoms with E-state index in [2.05, 4.69) is 0 Å². The van der Waals surface area contributed by atoms with E-state index in [4.69, 9.17) is 28.4 Å². The summed E-state index contributed by atoms with van der Waals surface area (Å²) in [4.78, 5) is 37.9. The fourth-order valence-electron chi connectivity index (χ4n) is 7.46. The van der Waals surface area contributed by atoms with Gasteiger partial charge in [-0.3, -0.25) is 4.79 Å². The summed E-state index contributed by atoms with van der Waals surface area (Å²) in [6, 6.07) is 17.8. The van der Waals surface area contributed by atoms with Gasteiger partial charge in [0.1, 0.15) is 22.8 Å². The molecule has 278 valence electrons. The molecule has 0 N–H and O–H groups in total. The normalized spacial score (nSPS) is 23.9. The fraction of sp³-hybridized carbons (Fsp3) is 0.512. The molecule has 0 aromatic heterocycles. The minimum atomic E-state index is -0.462. The topological polar surface area (TPSA) is 110 Å². The molecule has 9 nitrogen and oxygen atoms in total. The lowest BCUT2D eigenvalue weighted by atomic mass is 9.68. The Morgan fingerprint density at radius 3 is 2.13 bits per heavy atom. The first-order valence-electron chi connectivity index (χ1n) is 19.0. The van der Waals surface area contributed by atoms with E-state index in [9.17, 15) is 14.4 Å². The van der Waals surface area contributed by atoms with Crippen molar-refractivity contribution >= 4 is 28.7 Å². The second-order valence-corrected chi connectivity index (χ2v) is 15.0. The van der Waals surface area contributed by atoms with Gasteiger partial charge in [-0.25, -0.2) is 9.59 Å². The number of hydrogen-bond donors (Lipinski definition) is 0. The smallest absolute Gasteiger partial charge is 0.343 e. The lowest BCUT2D eigenvalue weighted by molar-refractivity contribution is -0.140. The third-order valence-electron chi connectivity index (χ3n) is 10.5. The zero-order valence-corrected chi connectivity index (χ0v) is 30.7. The van der Waals surface area contributed by atoms with Gasteiger partial charge in [0.15, 0.2) is 6.29 Å². The lowest BCUT2D eigenvalue weighted by Crippen LogP contribution is -2.30. The highest BCUT2D eigenvalue weighted by molar-refractivity contribution is 5.92. The van der Waals surface area contributed by atoms with Crippen LogP contribution in [0.4, 0.5) is 0 Å². The predicted molar refractivity (Wildman–Crippen MR) is 197 cm³/mol. The molecule has 3 aliphatic rings. The highest BCUT2D eigenvalue weighted by atomic mass is 16.8. The number of fused-ring (bicyclic) bond motifs is 1. The molecule has 2 aliphatic carbocycles. The summed E-state index contributed by atoms with van der Waals surface area (Å²) in [7, 11) is 0. The van der Waals surface area contributed by atoms with E-state index >= 15 is 0 Å². The van der Waals surface area contributed by atoms with Gasteiger partial charge in [-0.1, -0.05) is 38.0 Å². The van der Waals surface area contributed by atoms with Gasteiger partial charge in [0, 0.05) is 12.5 Å². The van der Waals surface area contributed by atoms with Crippen LogP contribution in [0.1, 0.15) is 95.3 Å². The first-order valence-corrected chi connectivity index (χ1v) is 19.0. The van der Waals surface area contributed by atoms with Gasteiger partial charge in [-0.05, 0) is 136 Å². The summed E-state index contributed by atoms with van der Waals surface area (Å²) in [5, 5.41) is 1.75. The SMILES string of the molecule is CCCOC(=O)/C=C/C1CCCC(C2CCC(C(=O)Oc3ccc4cc(OC(=O)c5ccc(OCCCOC6OC6(C)C)cc5)ccc4c3)CC2)C1. The standard InChI is InChI=1S/C43H52O9/c1-4-23-48-39(44)22-9-29-7-5-8-33(26-29)30-10-12-31(13-11-30)40(45)50-37-20-16-35-28-38(21-17-34(35)27-37)51-41(46)32-14-18-36(19-15-32)47-24-6-25-49-42-43(2,3)52-42/h9,14-22,27-31,33,42H,4-8,10-13,23-26H2,1-3H3/b22-9+. The third-order valence-corrected chi connectivity index (χ3v) is 10.5. The van der Waals surface area contributed by atoms with E-state index in [1.54, 1.807) is 48.5 Å². The first kappa shape index (κ1) is 37.5. The molecule has 0 spiro atoms. The summed E-state index contributed by atoms with van der Waals surface area (Å²) in [6.07, 6.45) is 13.4. The largest absolute Gasteiger partial charge is 0.494 e. The van der Waals surface area contributed by atoms with E-state index in [1.165, 1.54) is 12.8 Å². The summed E-state index contributed by atoms with van der Waals surface area (Å²) in [5.74, 6) is 2.30. The molecule has 52 heavy (non-hydrogen) atoms. The molecule has 3 aromatic carbocycles. The molecule has 3 fully saturated rings. The maximum Gasteiger partial charge on any atom is 0.343 e. The van der Waals surface area contributed by atoms with Crippen molar-refractivity contribution in [2.75, 3.05) is 19.8 Å². The van der Waals surface area contributed by atoms with Gasteiger partial charge in [0.05, 0.1) is 31.3 Å². The van der Waals surface area contributed by atoms with Gasteiger partial charge in [-0.2, -0.15) is 0 Å². The number of ether oxygens (including phenoxy) is 6. The quantitative estimate of drug-likeness (QED) is 0.0501. The summed E-state index contributed by atoms with van der Waals surface area (Å²) >= 11 is 0. The molecule has 9 heteroatoms. The molecule has 0 radical (unpaired) electrons. The summed E-state index contributed by atoms with van der Waals surface area (Å²) in [6.45, 7) is 7.50. The Balaban J connectivity index is 0.925. The number of carbonyl (C=O) groups is 3. The monoisotopic (exact) mass is 712 g/mol. The van der Waals surface area contributed by atoms with Crippen molar-refractivity contribution in [2.24, 2.45) is 23.7 Å². The number of epoxide rings is 1. The Morgan fingerprint density at radius 2 is 1.46 bits per heavy atom. The van der Waals surface area contributed by atoms with E-state index in [0.29, 0.717) is 60.4 Å². The fourth-order valence-corrected chi connectivity index (χ4v) is 7.46. The van der Waals surface area contributed by atoms with Gasteiger partial charge < -0.3 is 28.4 Å². The number of esters is 3. The van der Waals surface area contributed by atoms with Crippen molar-refractivity contribution < 1.29 is 42.8 Å². The molecule has 0 amide bonds. The van der Waals surface area contributed by atoms with Gasteiger partial charge >= 0.3 is 17.9 Å². The average molecular weight is 713 g/mol. The number of benzene rings is 3. The minimum Gasteiger partial charge on any atom is -0.494 e. The number of carbonyl (C=O) groups excluding carboxylic acids is 3. The van der Waals surface area contributed by atoms with Crippen LogP contribution in [0, 0.1) is 23.7 Å². The van der Waals surface area contributed by atoms with Crippen LogP contribution in [-0.4, -0.2) is 49.6 Å². The molecule has 3 unspecified atom stereocenters. The minimum absolute atomic E-state index is 0.100.